The second kappa shape index (κ2) is 12.6. The van der Waals surface area contributed by atoms with Gasteiger partial charge < -0.3 is 25.6 Å². The zero-order chi connectivity index (χ0) is 23.0. The molecule has 2 aromatic carbocycles. The molecule has 2 aromatic rings. The number of rotatable bonds is 8. The number of benzene rings is 2. The zero-order valence-corrected chi connectivity index (χ0v) is 21.7. The second-order valence-electron chi connectivity index (χ2n) is 8.42. The Morgan fingerprint density at radius 1 is 1.12 bits per heavy atom. The van der Waals surface area contributed by atoms with Crippen LogP contribution in [0.2, 0.25) is 0 Å². The van der Waals surface area contributed by atoms with E-state index in [1.807, 2.05) is 30.3 Å². The van der Waals surface area contributed by atoms with Gasteiger partial charge in [-0.15, -0.1) is 24.0 Å². The van der Waals surface area contributed by atoms with E-state index < -0.39 is 0 Å². The van der Waals surface area contributed by atoms with Crippen molar-refractivity contribution in [3.05, 3.63) is 65.2 Å². The van der Waals surface area contributed by atoms with Crippen LogP contribution in [-0.4, -0.2) is 56.0 Å². The quantitative estimate of drug-likeness (QED) is 0.255. The van der Waals surface area contributed by atoms with E-state index in [0.717, 1.165) is 23.5 Å². The van der Waals surface area contributed by atoms with Crippen LogP contribution in [0.4, 0.5) is 0 Å². The Labute approximate surface area is 217 Å². The summed E-state index contributed by atoms with van der Waals surface area (Å²) in [5, 5.41) is 9.37. The number of hydrogen-bond donors (Lipinski definition) is 3. The smallest absolute Gasteiger partial charge is 0.254 e. The van der Waals surface area contributed by atoms with Crippen molar-refractivity contribution in [3.63, 3.8) is 0 Å². The van der Waals surface area contributed by atoms with E-state index >= 15 is 0 Å². The number of amides is 2. The average molecular weight is 577 g/mol. The second-order valence-corrected chi connectivity index (χ2v) is 8.42. The molecule has 1 heterocycles. The molecule has 0 bridgehead atoms. The molecule has 1 saturated heterocycles. The fourth-order valence-corrected chi connectivity index (χ4v) is 3.63. The standard InChI is InChI=1S/C25H31N5O3.HI/c1-26-25(29-15-21-4-2-3-5-22(21)33-17-19-6-7-19)28-14-18-8-10-20(11-9-18)24(32)30-13-12-27-23(31)16-30;/h2-5,8-11,19H,6-7,12-17H2,1H3,(H,27,31)(H2,26,28,29);1H. The van der Waals surface area contributed by atoms with E-state index in [2.05, 4.69) is 27.0 Å². The first-order valence-corrected chi connectivity index (χ1v) is 11.4. The minimum absolute atomic E-state index is 0. The minimum atomic E-state index is -0.121. The Morgan fingerprint density at radius 3 is 2.56 bits per heavy atom. The van der Waals surface area contributed by atoms with Crippen LogP contribution < -0.4 is 20.7 Å². The third-order valence-electron chi connectivity index (χ3n) is 5.80. The average Bonchev–Trinajstić information content (AvgIpc) is 3.68. The number of carbonyl (C=O) groups excluding carboxylic acids is 2. The molecule has 0 radical (unpaired) electrons. The number of para-hydroxylation sites is 1. The molecular weight excluding hydrogens is 545 g/mol. The Kier molecular flexibility index (Phi) is 9.55. The number of aliphatic imine (C=N–C) groups is 1. The van der Waals surface area contributed by atoms with Crippen molar-refractivity contribution >= 4 is 41.8 Å². The summed E-state index contributed by atoms with van der Waals surface area (Å²) in [6.07, 6.45) is 2.53. The predicted molar refractivity (Wildman–Crippen MR) is 142 cm³/mol. The maximum Gasteiger partial charge on any atom is 0.254 e. The van der Waals surface area contributed by atoms with Crippen LogP contribution in [0.5, 0.6) is 5.75 Å². The number of nitrogens with one attached hydrogen (secondary N) is 3. The lowest BCUT2D eigenvalue weighted by molar-refractivity contribution is -0.123. The molecular formula is C25H32IN5O3. The molecule has 4 rings (SSSR count). The Balaban J connectivity index is 0.00000324. The number of carbonyl (C=O) groups is 2. The van der Waals surface area contributed by atoms with Crippen LogP contribution in [0.25, 0.3) is 0 Å². The normalized spacial score (nSPS) is 15.7. The lowest BCUT2D eigenvalue weighted by Crippen LogP contribution is -2.49. The first-order valence-electron chi connectivity index (χ1n) is 11.4. The number of hydrogen-bond acceptors (Lipinski definition) is 4. The summed E-state index contributed by atoms with van der Waals surface area (Å²) in [4.78, 5) is 30.0. The minimum Gasteiger partial charge on any atom is -0.493 e. The SMILES string of the molecule is CN=C(NCc1ccc(C(=O)N2CCNC(=O)C2)cc1)NCc1ccccc1OCC1CC1.I. The van der Waals surface area contributed by atoms with Crippen molar-refractivity contribution in [2.24, 2.45) is 10.9 Å². The van der Waals surface area contributed by atoms with Gasteiger partial charge in [0.2, 0.25) is 5.91 Å². The summed E-state index contributed by atoms with van der Waals surface area (Å²) in [7, 11) is 1.74. The number of nitrogens with zero attached hydrogens (tertiary/aromatic N) is 2. The summed E-state index contributed by atoms with van der Waals surface area (Å²) in [6, 6.07) is 15.5. The number of guanidine groups is 1. The van der Waals surface area contributed by atoms with Gasteiger partial charge in [-0.05, 0) is 42.5 Å². The van der Waals surface area contributed by atoms with Crippen LogP contribution >= 0.6 is 24.0 Å². The fraction of sp³-hybridized carbons (Fsp3) is 0.400. The summed E-state index contributed by atoms with van der Waals surface area (Å²) in [5.41, 5.74) is 2.70. The molecule has 0 spiro atoms. The third-order valence-corrected chi connectivity index (χ3v) is 5.80. The van der Waals surface area contributed by atoms with Gasteiger partial charge in [-0.1, -0.05) is 30.3 Å². The Hall–Kier alpha value is -2.82. The van der Waals surface area contributed by atoms with Gasteiger partial charge in [0.05, 0.1) is 13.2 Å². The topological polar surface area (TPSA) is 95.1 Å². The number of halogens is 1. The van der Waals surface area contributed by atoms with Gasteiger partial charge in [-0.3, -0.25) is 14.6 Å². The summed E-state index contributed by atoms with van der Waals surface area (Å²) < 4.78 is 5.98. The molecule has 0 atom stereocenters. The fourth-order valence-electron chi connectivity index (χ4n) is 3.63. The molecule has 9 heteroatoms. The van der Waals surface area contributed by atoms with Crippen LogP contribution in [0, 0.1) is 5.92 Å². The molecule has 182 valence electrons. The van der Waals surface area contributed by atoms with Gasteiger partial charge >= 0.3 is 0 Å². The summed E-state index contributed by atoms with van der Waals surface area (Å²) in [6.45, 7) is 3.10. The van der Waals surface area contributed by atoms with Crippen molar-refractivity contribution in [2.75, 3.05) is 33.3 Å². The van der Waals surface area contributed by atoms with Crippen LogP contribution in [0.15, 0.2) is 53.5 Å². The molecule has 8 nitrogen and oxygen atoms in total. The first kappa shape index (κ1) is 25.8. The van der Waals surface area contributed by atoms with Gasteiger partial charge in [-0.2, -0.15) is 0 Å². The molecule has 0 unspecified atom stereocenters. The van der Waals surface area contributed by atoms with Gasteiger partial charge in [-0.25, -0.2) is 0 Å². The summed E-state index contributed by atoms with van der Waals surface area (Å²) in [5.74, 6) is 2.07. The van der Waals surface area contributed by atoms with E-state index in [1.54, 1.807) is 24.1 Å². The van der Waals surface area contributed by atoms with Crippen molar-refractivity contribution in [1.82, 2.24) is 20.9 Å². The van der Waals surface area contributed by atoms with Crippen molar-refractivity contribution < 1.29 is 14.3 Å². The Bertz CT molecular complexity index is 1010. The maximum atomic E-state index is 12.6. The predicted octanol–water partition coefficient (Wildman–Crippen LogP) is 2.53. The van der Waals surface area contributed by atoms with Gasteiger partial charge in [0.15, 0.2) is 5.96 Å². The lowest BCUT2D eigenvalue weighted by atomic mass is 10.1. The van der Waals surface area contributed by atoms with E-state index in [0.29, 0.717) is 43.6 Å². The van der Waals surface area contributed by atoms with E-state index in [-0.39, 0.29) is 42.3 Å². The van der Waals surface area contributed by atoms with Crippen LogP contribution in [-0.2, 0) is 17.9 Å². The monoisotopic (exact) mass is 577 g/mol. The van der Waals surface area contributed by atoms with Crippen LogP contribution in [0.1, 0.15) is 34.3 Å². The van der Waals surface area contributed by atoms with E-state index in [9.17, 15) is 9.59 Å². The molecule has 2 amide bonds. The van der Waals surface area contributed by atoms with Crippen molar-refractivity contribution in [3.8, 4) is 5.75 Å². The molecule has 1 saturated carbocycles. The third kappa shape index (κ3) is 7.34. The molecule has 34 heavy (non-hydrogen) atoms. The zero-order valence-electron chi connectivity index (χ0n) is 19.4. The maximum absolute atomic E-state index is 12.6. The highest BCUT2D eigenvalue weighted by Gasteiger charge is 2.23. The molecule has 3 N–H and O–H groups in total. The van der Waals surface area contributed by atoms with Crippen molar-refractivity contribution in [2.45, 2.75) is 25.9 Å². The highest BCUT2D eigenvalue weighted by Crippen LogP contribution is 2.30. The van der Waals surface area contributed by atoms with Gasteiger partial charge in [0, 0.05) is 44.4 Å². The molecule has 1 aliphatic heterocycles. The number of piperazine rings is 1. The Morgan fingerprint density at radius 2 is 1.85 bits per heavy atom. The van der Waals surface area contributed by atoms with Gasteiger partial charge in [0.1, 0.15) is 5.75 Å². The van der Waals surface area contributed by atoms with E-state index in [1.165, 1.54) is 12.8 Å². The van der Waals surface area contributed by atoms with Crippen LogP contribution in [0.3, 0.4) is 0 Å². The molecule has 2 fully saturated rings. The molecule has 0 aromatic heterocycles. The number of ether oxygens (including phenoxy) is 1. The van der Waals surface area contributed by atoms with Crippen molar-refractivity contribution in [1.29, 1.82) is 0 Å². The summed E-state index contributed by atoms with van der Waals surface area (Å²) >= 11 is 0. The molecule has 2 aliphatic rings. The largest absolute Gasteiger partial charge is 0.493 e. The first-order chi connectivity index (χ1) is 16.1. The highest BCUT2D eigenvalue weighted by atomic mass is 127. The van der Waals surface area contributed by atoms with E-state index in [4.69, 9.17) is 4.74 Å². The molecule has 1 aliphatic carbocycles. The lowest BCUT2D eigenvalue weighted by Gasteiger charge is -2.26. The van der Waals surface area contributed by atoms with Gasteiger partial charge in [0.25, 0.3) is 5.91 Å². The highest BCUT2D eigenvalue weighted by molar-refractivity contribution is 14.0.